The van der Waals surface area contributed by atoms with Gasteiger partial charge in [-0.2, -0.15) is 14.8 Å². The molecule has 1 aromatic heterocycles. The molecular formula is C37H36N4O8. The molecule has 1 saturated heterocycles. The number of anilines is 1. The molecule has 0 spiro atoms. The molecule has 2 N–H and O–H groups in total. The largest absolute Gasteiger partial charge is 0.497 e. The number of nitrogens with zero attached hydrogens (tertiary/aromatic N) is 3. The molecule has 252 valence electrons. The lowest BCUT2D eigenvalue weighted by Crippen LogP contribution is -2.40. The Morgan fingerprint density at radius 1 is 0.837 bits per heavy atom. The van der Waals surface area contributed by atoms with E-state index in [1.165, 1.54) is 13.3 Å². The van der Waals surface area contributed by atoms with Crippen LogP contribution >= 0.6 is 0 Å². The normalized spacial score (nSPS) is 18.9. The highest BCUT2D eigenvalue weighted by molar-refractivity contribution is 6.03. The number of aromatic nitrogens is 3. The van der Waals surface area contributed by atoms with E-state index in [0.717, 1.165) is 21.4 Å². The fraction of sp³-hybridized carbons (Fsp3) is 0.243. The monoisotopic (exact) mass is 664 g/mol. The van der Waals surface area contributed by atoms with Gasteiger partial charge in [0.2, 0.25) is 0 Å². The van der Waals surface area contributed by atoms with Crippen LogP contribution < -0.4 is 20.5 Å². The molecule has 4 atom stereocenters. The third-order valence-electron chi connectivity index (χ3n) is 8.46. The van der Waals surface area contributed by atoms with Gasteiger partial charge >= 0.3 is 5.69 Å². The Kier molecular flexibility index (Phi) is 10.1. The van der Waals surface area contributed by atoms with Crippen LogP contribution in [0.1, 0.15) is 33.3 Å². The van der Waals surface area contributed by atoms with Crippen LogP contribution in [0.3, 0.4) is 0 Å². The van der Waals surface area contributed by atoms with E-state index in [2.05, 4.69) is 15.4 Å². The molecule has 0 aliphatic carbocycles. The van der Waals surface area contributed by atoms with Gasteiger partial charge in [0.05, 0.1) is 27.0 Å². The lowest BCUT2D eigenvalue weighted by atomic mass is 9.80. The molecule has 1 amide bonds. The van der Waals surface area contributed by atoms with E-state index in [-0.39, 0.29) is 12.4 Å². The number of hydrogen-bond acceptors (Lipinski definition) is 10. The SMILES string of the molecule is COc1ccc(C(OC[C@H]2OC(n3ncc(NC(=O)c4ccccc4)nc3=O)[C@H](OC)[C@@H]2O)(c2ccccc2)c2ccc(OC)cc2)cc1. The number of ether oxygens (including phenoxy) is 5. The van der Waals surface area contributed by atoms with Crippen molar-refractivity contribution in [3.05, 3.63) is 148 Å². The Labute approximate surface area is 282 Å². The first-order valence-corrected chi connectivity index (χ1v) is 15.5. The molecule has 12 heteroatoms. The fourth-order valence-corrected chi connectivity index (χ4v) is 5.95. The summed E-state index contributed by atoms with van der Waals surface area (Å²) in [6, 6.07) is 33.4. The topological polar surface area (TPSA) is 143 Å². The lowest BCUT2D eigenvalue weighted by Gasteiger charge is -2.37. The predicted octanol–water partition coefficient (Wildman–Crippen LogP) is 4.19. The van der Waals surface area contributed by atoms with Crippen molar-refractivity contribution in [2.75, 3.05) is 33.3 Å². The minimum atomic E-state index is -1.21. The minimum Gasteiger partial charge on any atom is -0.497 e. The van der Waals surface area contributed by atoms with Crippen LogP contribution in [0.5, 0.6) is 11.5 Å². The van der Waals surface area contributed by atoms with Crippen molar-refractivity contribution in [2.24, 2.45) is 0 Å². The molecule has 2 heterocycles. The van der Waals surface area contributed by atoms with Crippen LogP contribution in [-0.4, -0.2) is 72.0 Å². The molecule has 0 saturated carbocycles. The van der Waals surface area contributed by atoms with Crippen molar-refractivity contribution in [1.82, 2.24) is 14.8 Å². The molecule has 0 bridgehead atoms. The second kappa shape index (κ2) is 14.8. The standard InChI is InChI=1S/C37H36N4O8/c1-45-28-18-14-26(15-19-28)37(25-12-8-5-9-13-25,27-16-20-29(46-2)21-17-27)48-23-30-32(42)33(47-3)35(49-30)41-36(44)40-31(22-38-41)39-34(43)24-10-6-4-7-11-24/h4-22,30,32-33,35,42H,23H2,1-3H3,(H,39,40,43,44)/t30-,32-,33-,35?/m1/s1. The Balaban J connectivity index is 1.31. The van der Waals surface area contributed by atoms with Gasteiger partial charge in [-0.15, -0.1) is 0 Å². The third kappa shape index (κ3) is 6.80. The van der Waals surface area contributed by atoms with Gasteiger partial charge in [0.25, 0.3) is 5.91 Å². The smallest absolute Gasteiger partial charge is 0.368 e. The van der Waals surface area contributed by atoms with E-state index in [1.807, 2.05) is 78.9 Å². The lowest BCUT2D eigenvalue weighted by molar-refractivity contribution is -0.1000. The molecule has 1 aliphatic heterocycles. The number of nitrogens with one attached hydrogen (secondary N) is 1. The Morgan fingerprint density at radius 2 is 1.39 bits per heavy atom. The molecule has 1 aliphatic rings. The molecule has 1 fully saturated rings. The van der Waals surface area contributed by atoms with Crippen molar-refractivity contribution in [3.63, 3.8) is 0 Å². The van der Waals surface area contributed by atoms with Crippen molar-refractivity contribution >= 4 is 11.7 Å². The van der Waals surface area contributed by atoms with Crippen molar-refractivity contribution < 1.29 is 33.6 Å². The quantitative estimate of drug-likeness (QED) is 0.187. The summed E-state index contributed by atoms with van der Waals surface area (Å²) in [5.74, 6) is 0.882. The summed E-state index contributed by atoms with van der Waals surface area (Å²) in [4.78, 5) is 29.7. The summed E-state index contributed by atoms with van der Waals surface area (Å²) >= 11 is 0. The zero-order valence-electron chi connectivity index (χ0n) is 27.1. The summed E-state index contributed by atoms with van der Waals surface area (Å²) in [5, 5.41) is 18.2. The number of rotatable bonds is 12. The van der Waals surface area contributed by atoms with Crippen molar-refractivity contribution in [3.8, 4) is 11.5 Å². The van der Waals surface area contributed by atoms with Gasteiger partial charge in [-0.3, -0.25) is 4.79 Å². The number of aliphatic hydroxyl groups is 1. The zero-order valence-corrected chi connectivity index (χ0v) is 27.1. The Hall–Kier alpha value is -5.40. The van der Waals surface area contributed by atoms with E-state index in [1.54, 1.807) is 44.6 Å². The highest BCUT2D eigenvalue weighted by Crippen LogP contribution is 2.43. The second-order valence-electron chi connectivity index (χ2n) is 11.3. The molecular weight excluding hydrogens is 628 g/mol. The molecule has 6 rings (SSSR count). The number of hydrogen-bond donors (Lipinski definition) is 2. The minimum absolute atomic E-state index is 0.0332. The van der Waals surface area contributed by atoms with E-state index in [4.69, 9.17) is 23.7 Å². The van der Waals surface area contributed by atoms with Crippen LogP contribution in [0.15, 0.2) is 120 Å². The van der Waals surface area contributed by atoms with E-state index in [0.29, 0.717) is 17.1 Å². The number of aliphatic hydroxyl groups excluding tert-OH is 1. The third-order valence-corrected chi connectivity index (χ3v) is 8.46. The van der Waals surface area contributed by atoms with Gasteiger partial charge in [0, 0.05) is 12.7 Å². The second-order valence-corrected chi connectivity index (χ2v) is 11.3. The molecule has 0 radical (unpaired) electrons. The maximum Gasteiger partial charge on any atom is 0.368 e. The molecule has 1 unspecified atom stereocenters. The Morgan fingerprint density at radius 3 is 1.92 bits per heavy atom. The first-order chi connectivity index (χ1) is 23.9. The predicted molar refractivity (Wildman–Crippen MR) is 180 cm³/mol. The van der Waals surface area contributed by atoms with E-state index in [9.17, 15) is 14.7 Å². The number of carbonyl (C=O) groups is 1. The zero-order chi connectivity index (χ0) is 34.4. The van der Waals surface area contributed by atoms with Crippen molar-refractivity contribution in [2.45, 2.75) is 30.1 Å². The summed E-state index contributed by atoms with van der Waals surface area (Å²) in [6.45, 7) is -0.113. The number of methoxy groups -OCH3 is 3. The van der Waals surface area contributed by atoms with E-state index < -0.39 is 41.7 Å². The van der Waals surface area contributed by atoms with Crippen LogP contribution in [0.25, 0.3) is 0 Å². The number of benzene rings is 4. The van der Waals surface area contributed by atoms with Crippen LogP contribution in [0.2, 0.25) is 0 Å². The summed E-state index contributed by atoms with van der Waals surface area (Å²) in [5.41, 5.74) is 0.849. The maximum atomic E-state index is 13.2. The molecule has 12 nitrogen and oxygen atoms in total. The van der Waals surface area contributed by atoms with Gasteiger partial charge < -0.3 is 34.1 Å². The number of carbonyl (C=O) groups excluding carboxylic acids is 1. The average molecular weight is 665 g/mol. The highest BCUT2D eigenvalue weighted by atomic mass is 16.6. The van der Waals surface area contributed by atoms with Crippen LogP contribution in [0, 0.1) is 0 Å². The maximum absolute atomic E-state index is 13.2. The molecule has 49 heavy (non-hydrogen) atoms. The first kappa shape index (κ1) is 33.5. The number of amides is 1. The van der Waals surface area contributed by atoms with Gasteiger partial charge in [-0.05, 0) is 53.1 Å². The fourth-order valence-electron chi connectivity index (χ4n) is 5.95. The summed E-state index contributed by atoms with van der Waals surface area (Å²) < 4.78 is 30.6. The van der Waals surface area contributed by atoms with Gasteiger partial charge in [-0.25, -0.2) is 4.79 Å². The Bertz CT molecular complexity index is 1860. The first-order valence-electron chi connectivity index (χ1n) is 15.5. The van der Waals surface area contributed by atoms with E-state index >= 15 is 0 Å². The molecule has 5 aromatic rings. The van der Waals surface area contributed by atoms with Crippen LogP contribution in [0.4, 0.5) is 5.82 Å². The highest BCUT2D eigenvalue weighted by Gasteiger charge is 2.48. The van der Waals surface area contributed by atoms with Gasteiger partial charge in [0.15, 0.2) is 12.0 Å². The molecule has 4 aromatic carbocycles. The summed E-state index contributed by atoms with van der Waals surface area (Å²) in [7, 11) is 4.61. The van der Waals surface area contributed by atoms with Crippen LogP contribution in [-0.2, 0) is 19.8 Å². The van der Waals surface area contributed by atoms with Crippen molar-refractivity contribution in [1.29, 1.82) is 0 Å². The van der Waals surface area contributed by atoms with Gasteiger partial charge in [-0.1, -0.05) is 72.8 Å². The summed E-state index contributed by atoms with van der Waals surface area (Å²) in [6.07, 6.45) is -3.04. The van der Waals surface area contributed by atoms with Gasteiger partial charge in [0.1, 0.15) is 35.4 Å². The average Bonchev–Trinajstić information content (AvgIpc) is 3.47.